The van der Waals surface area contributed by atoms with Crippen LogP contribution < -0.4 is 24.8 Å². The van der Waals surface area contributed by atoms with E-state index < -0.39 is 0 Å². The summed E-state index contributed by atoms with van der Waals surface area (Å²) in [7, 11) is 0. The van der Waals surface area contributed by atoms with Crippen molar-refractivity contribution >= 4 is 10.8 Å². The van der Waals surface area contributed by atoms with Crippen LogP contribution in [0.15, 0.2) is 54.6 Å². The Kier molecular flexibility index (Phi) is 10.5. The van der Waals surface area contributed by atoms with Crippen LogP contribution in [0.5, 0.6) is 0 Å². The van der Waals surface area contributed by atoms with Crippen molar-refractivity contribution in [2.45, 2.75) is 52.4 Å². The van der Waals surface area contributed by atoms with Gasteiger partial charge in [-0.2, -0.15) is 6.07 Å². The molecule has 0 spiro atoms. The van der Waals surface area contributed by atoms with E-state index in [-0.39, 0.29) is 56.1 Å². The van der Waals surface area contributed by atoms with Gasteiger partial charge in [0.05, 0.1) is 0 Å². The van der Waals surface area contributed by atoms with Crippen molar-refractivity contribution in [1.82, 2.24) is 0 Å². The predicted molar refractivity (Wildman–Crippen MR) is 102 cm³/mol. The van der Waals surface area contributed by atoms with Gasteiger partial charge in [0.25, 0.3) is 0 Å². The third-order valence-electron chi connectivity index (χ3n) is 4.69. The SMILES string of the molecule is CCCCc1cc2c(-c3ccc(C(C)(C)C)cc3)cccc2[cH-]1.[Cl-].[Cl-].[Hf]. The third kappa shape index (κ3) is 5.75. The average molecular weight is 553 g/mol. The van der Waals surface area contributed by atoms with E-state index in [0.717, 1.165) is 0 Å². The van der Waals surface area contributed by atoms with Crippen LogP contribution >= 0.6 is 0 Å². The van der Waals surface area contributed by atoms with Crippen molar-refractivity contribution in [2.75, 3.05) is 0 Å². The topological polar surface area (TPSA) is 0 Å². The second-order valence-corrected chi connectivity index (χ2v) is 7.60. The maximum atomic E-state index is 2.39. The zero-order valence-corrected chi connectivity index (χ0v) is 21.2. The molecule has 0 aromatic heterocycles. The zero-order valence-electron chi connectivity index (χ0n) is 16.1. The monoisotopic (exact) mass is 553 g/mol. The molecular formula is C23H27Cl2Hf-3. The summed E-state index contributed by atoms with van der Waals surface area (Å²) in [6.45, 7) is 9.05. The predicted octanol–water partition coefficient (Wildman–Crippen LogP) is 0.871. The van der Waals surface area contributed by atoms with E-state index in [4.69, 9.17) is 0 Å². The van der Waals surface area contributed by atoms with Gasteiger partial charge >= 0.3 is 0 Å². The van der Waals surface area contributed by atoms with Crippen LogP contribution in [0, 0.1) is 0 Å². The van der Waals surface area contributed by atoms with Crippen LogP contribution in [0.2, 0.25) is 0 Å². The Morgan fingerprint density at radius 3 is 2.15 bits per heavy atom. The molecular weight excluding hydrogens is 526 g/mol. The van der Waals surface area contributed by atoms with E-state index in [1.807, 2.05) is 0 Å². The normalized spacial score (nSPS) is 10.6. The van der Waals surface area contributed by atoms with E-state index in [1.165, 1.54) is 52.3 Å². The van der Waals surface area contributed by atoms with Gasteiger partial charge in [-0.1, -0.05) is 76.4 Å². The molecule has 0 radical (unpaired) electrons. The maximum Gasteiger partial charge on any atom is 0 e. The number of hydrogen-bond acceptors (Lipinski definition) is 0. The van der Waals surface area contributed by atoms with Gasteiger partial charge in [-0.3, -0.25) is 0 Å². The molecule has 3 aromatic rings. The first-order chi connectivity index (χ1) is 11.0. The van der Waals surface area contributed by atoms with Gasteiger partial charge in [-0.05, 0) is 23.0 Å². The molecule has 3 heteroatoms. The molecule has 0 atom stereocenters. The van der Waals surface area contributed by atoms with Gasteiger partial charge in [0.1, 0.15) is 0 Å². The Morgan fingerprint density at radius 1 is 0.923 bits per heavy atom. The number of unbranched alkanes of at least 4 members (excludes halogenated alkanes) is 1. The van der Waals surface area contributed by atoms with Crippen molar-refractivity contribution in [1.29, 1.82) is 0 Å². The number of rotatable bonds is 4. The maximum absolute atomic E-state index is 2.39. The molecule has 0 heterocycles. The van der Waals surface area contributed by atoms with Crippen LogP contribution in [0.3, 0.4) is 0 Å². The summed E-state index contributed by atoms with van der Waals surface area (Å²) in [4.78, 5) is 0. The van der Waals surface area contributed by atoms with Gasteiger partial charge in [0.2, 0.25) is 0 Å². The fourth-order valence-electron chi connectivity index (χ4n) is 3.22. The van der Waals surface area contributed by atoms with Gasteiger partial charge in [0, 0.05) is 25.8 Å². The number of aryl methyl sites for hydroxylation is 1. The first-order valence-electron chi connectivity index (χ1n) is 8.78. The first kappa shape index (κ1) is 25.5. The Bertz CT molecular complexity index is 795. The van der Waals surface area contributed by atoms with Gasteiger partial charge in [0.15, 0.2) is 0 Å². The largest absolute Gasteiger partial charge is 1.00 e. The summed E-state index contributed by atoms with van der Waals surface area (Å²) in [5.74, 6) is 0. The standard InChI is InChI=1S/C23H27.2ClH.Hf/c1-5-6-8-17-15-19-9-7-10-21(22(19)16-17)18-11-13-20(14-12-18)23(2,3)4;;;/h7,9-16H,5-6,8H2,1-4H3;2*1H;/q-1;;;/p-2. The number of fused-ring (bicyclic) bond motifs is 1. The molecule has 140 valence electrons. The molecule has 0 saturated carbocycles. The van der Waals surface area contributed by atoms with Gasteiger partial charge in [-0.25, -0.2) is 0 Å². The van der Waals surface area contributed by atoms with Gasteiger partial charge in [-0.15, -0.1) is 34.5 Å². The molecule has 0 unspecified atom stereocenters. The average Bonchev–Trinajstić information content (AvgIpc) is 2.95. The van der Waals surface area contributed by atoms with Crippen LogP contribution in [-0.2, 0) is 37.7 Å². The summed E-state index contributed by atoms with van der Waals surface area (Å²) in [5, 5.41) is 2.76. The van der Waals surface area contributed by atoms with E-state index in [0.29, 0.717) is 0 Å². The summed E-state index contributed by atoms with van der Waals surface area (Å²) in [6.07, 6.45) is 3.71. The molecule has 0 aliphatic rings. The molecule has 3 aromatic carbocycles. The minimum atomic E-state index is 0. The zero-order chi connectivity index (χ0) is 16.4. The van der Waals surface area contributed by atoms with Gasteiger partial charge < -0.3 is 24.8 Å². The van der Waals surface area contributed by atoms with Crippen molar-refractivity contribution in [3.63, 3.8) is 0 Å². The van der Waals surface area contributed by atoms with E-state index in [1.54, 1.807) is 0 Å². The van der Waals surface area contributed by atoms with E-state index in [9.17, 15) is 0 Å². The Labute approximate surface area is 189 Å². The van der Waals surface area contributed by atoms with Crippen molar-refractivity contribution in [3.05, 3.63) is 65.7 Å². The number of halogens is 2. The van der Waals surface area contributed by atoms with Crippen LogP contribution in [0.25, 0.3) is 21.9 Å². The minimum Gasteiger partial charge on any atom is -1.00 e. The molecule has 0 nitrogen and oxygen atoms in total. The molecule has 0 saturated heterocycles. The summed E-state index contributed by atoms with van der Waals surface area (Å²) in [6, 6.07) is 20.5. The molecule has 0 aliphatic carbocycles. The minimum absolute atomic E-state index is 0. The molecule has 0 bridgehead atoms. The van der Waals surface area contributed by atoms with E-state index >= 15 is 0 Å². The Hall–Kier alpha value is -0.500. The van der Waals surface area contributed by atoms with Crippen LogP contribution in [0.1, 0.15) is 51.7 Å². The molecule has 0 fully saturated rings. The molecule has 0 aliphatic heterocycles. The first-order valence-corrected chi connectivity index (χ1v) is 8.78. The van der Waals surface area contributed by atoms with E-state index in [2.05, 4.69) is 82.3 Å². The Balaban J connectivity index is 0.00000208. The van der Waals surface area contributed by atoms with Crippen LogP contribution in [0.4, 0.5) is 0 Å². The smallest absolute Gasteiger partial charge is 0 e. The van der Waals surface area contributed by atoms with Crippen molar-refractivity contribution in [2.24, 2.45) is 0 Å². The molecule has 3 rings (SSSR count). The van der Waals surface area contributed by atoms with Crippen molar-refractivity contribution < 1.29 is 50.7 Å². The second-order valence-electron chi connectivity index (χ2n) is 7.60. The fourth-order valence-corrected chi connectivity index (χ4v) is 3.22. The Morgan fingerprint density at radius 2 is 1.58 bits per heavy atom. The quantitative estimate of drug-likeness (QED) is 0.333. The molecule has 0 amide bonds. The summed E-state index contributed by atoms with van der Waals surface area (Å²) < 4.78 is 0. The van der Waals surface area contributed by atoms with Crippen LogP contribution in [-0.4, -0.2) is 0 Å². The third-order valence-corrected chi connectivity index (χ3v) is 4.69. The summed E-state index contributed by atoms with van der Waals surface area (Å²) in [5.41, 5.74) is 5.74. The number of hydrogen-bond donors (Lipinski definition) is 0. The second kappa shape index (κ2) is 10.7. The van der Waals surface area contributed by atoms with Crippen molar-refractivity contribution in [3.8, 4) is 11.1 Å². The molecule has 26 heavy (non-hydrogen) atoms. The summed E-state index contributed by atoms with van der Waals surface area (Å²) >= 11 is 0. The molecule has 0 N–H and O–H groups in total. The fraction of sp³-hybridized carbons (Fsp3) is 0.348. The number of benzene rings is 2.